The first kappa shape index (κ1) is 13.8. The van der Waals surface area contributed by atoms with E-state index in [0.29, 0.717) is 11.3 Å². The molecule has 19 heavy (non-hydrogen) atoms. The van der Waals surface area contributed by atoms with E-state index < -0.39 is 0 Å². The first-order valence-corrected chi connectivity index (χ1v) is 6.81. The fourth-order valence-corrected chi connectivity index (χ4v) is 2.34. The maximum absolute atomic E-state index is 10.7. The summed E-state index contributed by atoms with van der Waals surface area (Å²) in [7, 11) is 0. The van der Waals surface area contributed by atoms with Crippen LogP contribution in [0.3, 0.4) is 0 Å². The average Bonchev–Trinajstić information content (AvgIpc) is 2.40. The minimum atomic E-state index is 0.622. The summed E-state index contributed by atoms with van der Waals surface area (Å²) in [6.07, 6.45) is 0.817. The number of carbonyl (C=O) groups excluding carboxylic acids is 1. The molecule has 3 heteroatoms. The molecule has 0 saturated carbocycles. The van der Waals surface area contributed by atoms with E-state index in [0.717, 1.165) is 27.6 Å². The van der Waals surface area contributed by atoms with Crippen LogP contribution >= 0.6 is 15.9 Å². The van der Waals surface area contributed by atoms with Gasteiger partial charge in [0.15, 0.2) is 0 Å². The summed E-state index contributed by atoms with van der Waals surface area (Å²) >= 11 is 3.43. The van der Waals surface area contributed by atoms with Gasteiger partial charge in [-0.1, -0.05) is 12.1 Å². The predicted octanol–water partition coefficient (Wildman–Crippen LogP) is 4.98. The molecule has 0 bridgehead atoms. The Hall–Kier alpha value is -1.61. The highest BCUT2D eigenvalue weighted by Crippen LogP contribution is 2.34. The number of aryl methyl sites for hydroxylation is 2. The van der Waals surface area contributed by atoms with Crippen LogP contribution in [0, 0.1) is 20.8 Å². The Morgan fingerprint density at radius 1 is 1.05 bits per heavy atom. The molecular formula is C16H15BrO2. The zero-order valence-electron chi connectivity index (χ0n) is 11.2. The van der Waals surface area contributed by atoms with Crippen molar-refractivity contribution in [2.75, 3.05) is 0 Å². The Morgan fingerprint density at radius 3 is 2.37 bits per heavy atom. The Labute approximate surface area is 121 Å². The predicted molar refractivity (Wildman–Crippen MR) is 80.3 cm³/mol. The topological polar surface area (TPSA) is 26.3 Å². The summed E-state index contributed by atoms with van der Waals surface area (Å²) in [6, 6.07) is 9.43. The standard InChI is InChI=1S/C16H15BrO2/c1-10-4-5-11(2)16(12(10)3)19-15-7-6-13(9-18)8-14(15)17/h4-9H,1-3H3. The lowest BCUT2D eigenvalue weighted by Gasteiger charge is -2.14. The summed E-state index contributed by atoms with van der Waals surface area (Å²) in [4.78, 5) is 10.7. The van der Waals surface area contributed by atoms with Gasteiger partial charge in [0.2, 0.25) is 0 Å². The second kappa shape index (κ2) is 5.57. The normalized spacial score (nSPS) is 10.3. The lowest BCUT2D eigenvalue weighted by Crippen LogP contribution is -1.94. The third-order valence-corrected chi connectivity index (χ3v) is 3.80. The van der Waals surface area contributed by atoms with Gasteiger partial charge in [0, 0.05) is 5.56 Å². The SMILES string of the molecule is Cc1ccc(C)c(Oc2ccc(C=O)cc2Br)c1C. The van der Waals surface area contributed by atoms with Gasteiger partial charge in [-0.2, -0.15) is 0 Å². The van der Waals surface area contributed by atoms with Crippen LogP contribution in [0.1, 0.15) is 27.0 Å². The lowest BCUT2D eigenvalue weighted by atomic mass is 10.1. The molecule has 2 rings (SSSR count). The molecule has 0 amide bonds. The van der Waals surface area contributed by atoms with Gasteiger partial charge >= 0.3 is 0 Å². The number of hydrogen-bond acceptors (Lipinski definition) is 2. The zero-order valence-corrected chi connectivity index (χ0v) is 12.7. The molecule has 0 unspecified atom stereocenters. The van der Waals surface area contributed by atoms with Crippen molar-refractivity contribution >= 4 is 22.2 Å². The second-order valence-corrected chi connectivity index (χ2v) is 5.42. The smallest absolute Gasteiger partial charge is 0.150 e. The molecule has 0 spiro atoms. The molecule has 0 N–H and O–H groups in total. The molecule has 0 heterocycles. The Bertz CT molecular complexity index is 633. The third kappa shape index (κ3) is 2.87. The minimum Gasteiger partial charge on any atom is -0.456 e. The van der Waals surface area contributed by atoms with E-state index in [2.05, 4.69) is 28.9 Å². The molecule has 98 valence electrons. The first-order valence-electron chi connectivity index (χ1n) is 6.02. The molecule has 0 fully saturated rings. The van der Waals surface area contributed by atoms with E-state index in [-0.39, 0.29) is 0 Å². The van der Waals surface area contributed by atoms with Crippen LogP contribution in [0.5, 0.6) is 11.5 Å². The largest absolute Gasteiger partial charge is 0.456 e. The van der Waals surface area contributed by atoms with Crippen molar-refractivity contribution in [1.29, 1.82) is 0 Å². The minimum absolute atomic E-state index is 0.622. The average molecular weight is 319 g/mol. The van der Waals surface area contributed by atoms with E-state index in [1.54, 1.807) is 18.2 Å². The van der Waals surface area contributed by atoms with E-state index >= 15 is 0 Å². The van der Waals surface area contributed by atoms with Crippen molar-refractivity contribution in [3.05, 3.63) is 57.1 Å². The van der Waals surface area contributed by atoms with Crippen LogP contribution in [0.4, 0.5) is 0 Å². The quantitative estimate of drug-likeness (QED) is 0.746. The zero-order chi connectivity index (χ0) is 14.0. The number of benzene rings is 2. The van der Waals surface area contributed by atoms with Crippen LogP contribution in [0.2, 0.25) is 0 Å². The van der Waals surface area contributed by atoms with Crippen molar-refractivity contribution in [3.63, 3.8) is 0 Å². The lowest BCUT2D eigenvalue weighted by molar-refractivity contribution is 0.112. The van der Waals surface area contributed by atoms with Crippen molar-refractivity contribution in [3.8, 4) is 11.5 Å². The molecule has 2 aromatic carbocycles. The first-order chi connectivity index (χ1) is 9.02. The Kier molecular flexibility index (Phi) is 4.05. The van der Waals surface area contributed by atoms with Crippen LogP contribution in [0.15, 0.2) is 34.8 Å². The molecule has 0 saturated heterocycles. The Morgan fingerprint density at radius 2 is 1.74 bits per heavy atom. The maximum Gasteiger partial charge on any atom is 0.150 e. The summed E-state index contributed by atoms with van der Waals surface area (Å²) in [5.41, 5.74) is 4.04. The molecule has 2 aromatic rings. The summed E-state index contributed by atoms with van der Waals surface area (Å²) in [5.74, 6) is 1.59. The number of halogens is 1. The highest BCUT2D eigenvalue weighted by molar-refractivity contribution is 9.10. The van der Waals surface area contributed by atoms with Gasteiger partial charge in [0.1, 0.15) is 17.8 Å². The second-order valence-electron chi connectivity index (χ2n) is 4.56. The van der Waals surface area contributed by atoms with Crippen molar-refractivity contribution < 1.29 is 9.53 Å². The maximum atomic E-state index is 10.7. The number of hydrogen-bond donors (Lipinski definition) is 0. The molecule has 0 radical (unpaired) electrons. The summed E-state index contributed by atoms with van der Waals surface area (Å²) in [6.45, 7) is 6.13. The molecule has 2 nitrogen and oxygen atoms in total. The molecule has 0 aliphatic heterocycles. The number of carbonyl (C=O) groups is 1. The Balaban J connectivity index is 2.42. The van der Waals surface area contributed by atoms with Gasteiger partial charge in [-0.15, -0.1) is 0 Å². The number of ether oxygens (including phenoxy) is 1. The van der Waals surface area contributed by atoms with Gasteiger partial charge in [0.25, 0.3) is 0 Å². The van der Waals surface area contributed by atoms with Gasteiger partial charge in [-0.25, -0.2) is 0 Å². The van der Waals surface area contributed by atoms with Crippen molar-refractivity contribution in [1.82, 2.24) is 0 Å². The highest BCUT2D eigenvalue weighted by Gasteiger charge is 2.10. The van der Waals surface area contributed by atoms with Crippen LogP contribution in [-0.4, -0.2) is 6.29 Å². The van der Waals surface area contributed by atoms with Crippen LogP contribution in [0.25, 0.3) is 0 Å². The fraction of sp³-hybridized carbons (Fsp3) is 0.188. The van der Waals surface area contributed by atoms with E-state index in [1.807, 2.05) is 19.9 Å². The van der Waals surface area contributed by atoms with Gasteiger partial charge in [0.05, 0.1) is 4.47 Å². The number of rotatable bonds is 3. The van der Waals surface area contributed by atoms with Gasteiger partial charge in [-0.05, 0) is 71.6 Å². The molecule has 0 aliphatic carbocycles. The van der Waals surface area contributed by atoms with Gasteiger partial charge < -0.3 is 4.74 Å². The van der Waals surface area contributed by atoms with E-state index in [9.17, 15) is 4.79 Å². The molecule has 0 atom stereocenters. The summed E-state index contributed by atoms with van der Waals surface area (Å²) < 4.78 is 6.76. The third-order valence-electron chi connectivity index (χ3n) is 3.18. The van der Waals surface area contributed by atoms with Crippen molar-refractivity contribution in [2.45, 2.75) is 20.8 Å². The molecule has 0 aromatic heterocycles. The van der Waals surface area contributed by atoms with Crippen molar-refractivity contribution in [2.24, 2.45) is 0 Å². The van der Waals surface area contributed by atoms with Crippen LogP contribution in [-0.2, 0) is 0 Å². The van der Waals surface area contributed by atoms with E-state index in [4.69, 9.17) is 4.74 Å². The fourth-order valence-electron chi connectivity index (χ4n) is 1.87. The van der Waals surface area contributed by atoms with Crippen LogP contribution < -0.4 is 4.74 Å². The number of aldehydes is 1. The molecule has 0 aliphatic rings. The molecular weight excluding hydrogens is 304 g/mol. The highest BCUT2D eigenvalue weighted by atomic mass is 79.9. The van der Waals surface area contributed by atoms with Gasteiger partial charge in [-0.3, -0.25) is 4.79 Å². The summed E-state index contributed by atoms with van der Waals surface area (Å²) in [5, 5.41) is 0. The van der Waals surface area contributed by atoms with E-state index in [1.165, 1.54) is 5.56 Å². The monoisotopic (exact) mass is 318 g/mol.